The summed E-state index contributed by atoms with van der Waals surface area (Å²) in [6.07, 6.45) is 0.991. The van der Waals surface area contributed by atoms with Crippen molar-refractivity contribution in [1.29, 1.82) is 0 Å². The minimum atomic E-state index is -0.400. The lowest BCUT2D eigenvalue weighted by molar-refractivity contribution is -0.385. The van der Waals surface area contributed by atoms with Gasteiger partial charge in [-0.05, 0) is 24.1 Å². The van der Waals surface area contributed by atoms with Crippen molar-refractivity contribution in [1.82, 2.24) is 5.32 Å². The van der Waals surface area contributed by atoms with Crippen LogP contribution in [0.3, 0.4) is 0 Å². The summed E-state index contributed by atoms with van der Waals surface area (Å²) < 4.78 is 5.60. The van der Waals surface area contributed by atoms with E-state index in [2.05, 4.69) is 19.2 Å². The van der Waals surface area contributed by atoms with Crippen LogP contribution < -0.4 is 10.1 Å². The highest BCUT2D eigenvalue weighted by Crippen LogP contribution is 2.28. The summed E-state index contributed by atoms with van der Waals surface area (Å²) in [6, 6.07) is 5.03. The van der Waals surface area contributed by atoms with Crippen molar-refractivity contribution in [2.24, 2.45) is 5.92 Å². The molecular formula is C14H22N2O3. The first-order chi connectivity index (χ1) is 9.08. The van der Waals surface area contributed by atoms with Crippen LogP contribution in [-0.4, -0.2) is 18.1 Å². The average molecular weight is 266 g/mol. The van der Waals surface area contributed by atoms with Gasteiger partial charge >= 0.3 is 5.69 Å². The molecule has 0 amide bonds. The minimum Gasteiger partial charge on any atom is -0.487 e. The fourth-order valence-electron chi connectivity index (χ4n) is 1.55. The number of nitrogens with zero attached hydrogens (tertiary/aromatic N) is 1. The van der Waals surface area contributed by atoms with Crippen LogP contribution in [0.5, 0.6) is 5.75 Å². The lowest BCUT2D eigenvalue weighted by Crippen LogP contribution is -2.12. The summed E-state index contributed by atoms with van der Waals surface area (Å²) in [6.45, 7) is 8.21. The molecule has 1 aromatic rings. The van der Waals surface area contributed by atoms with E-state index in [1.807, 2.05) is 6.92 Å². The molecule has 1 unspecified atom stereocenters. The molecule has 0 aliphatic heterocycles. The fourth-order valence-corrected chi connectivity index (χ4v) is 1.55. The van der Waals surface area contributed by atoms with Crippen molar-refractivity contribution in [2.45, 2.75) is 33.7 Å². The average Bonchev–Trinajstić information content (AvgIpc) is 2.42. The van der Waals surface area contributed by atoms with E-state index in [-0.39, 0.29) is 5.69 Å². The Balaban J connectivity index is 2.85. The number of benzene rings is 1. The highest BCUT2D eigenvalue weighted by Gasteiger charge is 2.16. The van der Waals surface area contributed by atoms with E-state index in [0.29, 0.717) is 24.8 Å². The van der Waals surface area contributed by atoms with Crippen LogP contribution in [0, 0.1) is 16.0 Å². The Hall–Kier alpha value is -1.62. The number of nitro groups is 1. The van der Waals surface area contributed by atoms with Crippen LogP contribution in [0.4, 0.5) is 5.69 Å². The predicted octanol–water partition coefficient (Wildman–Crippen LogP) is 3.13. The Labute approximate surface area is 114 Å². The number of hydrogen-bond acceptors (Lipinski definition) is 4. The number of nitrogens with one attached hydrogen (secondary N) is 1. The molecule has 0 aromatic heterocycles. The number of hydrogen-bond donors (Lipinski definition) is 1. The van der Waals surface area contributed by atoms with Crippen LogP contribution in [0.2, 0.25) is 0 Å². The normalized spacial score (nSPS) is 12.2. The van der Waals surface area contributed by atoms with Gasteiger partial charge in [-0.1, -0.05) is 33.3 Å². The van der Waals surface area contributed by atoms with Crippen molar-refractivity contribution in [3.63, 3.8) is 0 Å². The molecule has 0 spiro atoms. The van der Waals surface area contributed by atoms with Gasteiger partial charge in [0, 0.05) is 12.6 Å². The zero-order valence-corrected chi connectivity index (χ0v) is 11.8. The van der Waals surface area contributed by atoms with E-state index in [4.69, 9.17) is 4.74 Å². The van der Waals surface area contributed by atoms with Crippen molar-refractivity contribution in [3.8, 4) is 5.75 Å². The highest BCUT2D eigenvalue weighted by molar-refractivity contribution is 5.48. The summed E-state index contributed by atoms with van der Waals surface area (Å²) in [4.78, 5) is 10.6. The molecule has 19 heavy (non-hydrogen) atoms. The van der Waals surface area contributed by atoms with Gasteiger partial charge in [0.1, 0.15) is 0 Å². The molecule has 0 saturated heterocycles. The van der Waals surface area contributed by atoms with Gasteiger partial charge < -0.3 is 10.1 Å². The summed E-state index contributed by atoms with van der Waals surface area (Å²) in [7, 11) is 0. The number of nitro benzene ring substituents is 1. The second-order valence-electron chi connectivity index (χ2n) is 4.66. The van der Waals surface area contributed by atoms with Gasteiger partial charge in [-0.15, -0.1) is 0 Å². The largest absolute Gasteiger partial charge is 0.487 e. The predicted molar refractivity (Wildman–Crippen MR) is 75.4 cm³/mol. The molecule has 0 aliphatic carbocycles. The maximum Gasteiger partial charge on any atom is 0.310 e. The van der Waals surface area contributed by atoms with Crippen molar-refractivity contribution in [3.05, 3.63) is 33.9 Å². The van der Waals surface area contributed by atoms with Crippen molar-refractivity contribution >= 4 is 5.69 Å². The smallest absolute Gasteiger partial charge is 0.310 e. The third-order valence-electron chi connectivity index (χ3n) is 3.02. The third kappa shape index (κ3) is 4.87. The molecule has 0 aliphatic rings. The van der Waals surface area contributed by atoms with Gasteiger partial charge in [-0.3, -0.25) is 10.1 Å². The Kier molecular flexibility index (Phi) is 6.29. The molecule has 106 valence electrons. The monoisotopic (exact) mass is 266 g/mol. The molecule has 1 atom stereocenters. The topological polar surface area (TPSA) is 64.4 Å². The minimum absolute atomic E-state index is 0.0311. The molecule has 1 aromatic carbocycles. The molecule has 0 radical (unpaired) electrons. The van der Waals surface area contributed by atoms with Crippen LogP contribution in [0.25, 0.3) is 0 Å². The molecular weight excluding hydrogens is 244 g/mol. The first-order valence-corrected chi connectivity index (χ1v) is 6.69. The Morgan fingerprint density at radius 3 is 2.74 bits per heavy atom. The lowest BCUT2D eigenvalue weighted by Gasteiger charge is -2.12. The Bertz CT molecular complexity index is 421. The van der Waals surface area contributed by atoms with Gasteiger partial charge in [0.15, 0.2) is 5.75 Å². The molecule has 1 rings (SSSR count). The lowest BCUT2D eigenvalue weighted by atomic mass is 10.1. The van der Waals surface area contributed by atoms with Crippen LogP contribution >= 0.6 is 0 Å². The number of ether oxygens (including phenoxy) is 1. The quantitative estimate of drug-likeness (QED) is 0.580. The first-order valence-electron chi connectivity index (χ1n) is 6.69. The maximum absolute atomic E-state index is 11.0. The molecule has 5 nitrogen and oxygen atoms in total. The van der Waals surface area contributed by atoms with Crippen LogP contribution in [-0.2, 0) is 6.54 Å². The van der Waals surface area contributed by atoms with E-state index in [0.717, 1.165) is 18.5 Å². The molecule has 1 N–H and O–H groups in total. The summed E-state index contributed by atoms with van der Waals surface area (Å²) in [5.41, 5.74) is 1.02. The molecule has 0 heterocycles. The highest BCUT2D eigenvalue weighted by atomic mass is 16.6. The molecule has 5 heteroatoms. The van der Waals surface area contributed by atoms with Crippen LogP contribution in [0.1, 0.15) is 32.8 Å². The summed E-state index contributed by atoms with van der Waals surface area (Å²) in [5, 5.41) is 14.2. The third-order valence-corrected chi connectivity index (χ3v) is 3.02. The zero-order valence-electron chi connectivity index (χ0n) is 11.8. The fraction of sp³-hybridized carbons (Fsp3) is 0.571. The van der Waals surface area contributed by atoms with E-state index in [9.17, 15) is 10.1 Å². The zero-order chi connectivity index (χ0) is 14.3. The maximum atomic E-state index is 11.0. The van der Waals surface area contributed by atoms with Gasteiger partial charge in [0.2, 0.25) is 0 Å². The molecule has 0 fully saturated rings. The Morgan fingerprint density at radius 1 is 1.42 bits per heavy atom. The summed E-state index contributed by atoms with van der Waals surface area (Å²) in [5.74, 6) is 0.748. The van der Waals surface area contributed by atoms with Gasteiger partial charge in [0.25, 0.3) is 0 Å². The van der Waals surface area contributed by atoms with Gasteiger partial charge in [-0.25, -0.2) is 0 Å². The second kappa shape index (κ2) is 7.74. The SMILES string of the molecule is CCNCc1ccc([N+](=O)[O-])c(OCC(C)CC)c1. The van der Waals surface area contributed by atoms with E-state index in [1.54, 1.807) is 12.1 Å². The van der Waals surface area contributed by atoms with E-state index >= 15 is 0 Å². The van der Waals surface area contributed by atoms with Crippen LogP contribution in [0.15, 0.2) is 18.2 Å². The number of rotatable bonds is 8. The Morgan fingerprint density at radius 2 is 2.16 bits per heavy atom. The van der Waals surface area contributed by atoms with Gasteiger partial charge in [-0.2, -0.15) is 0 Å². The van der Waals surface area contributed by atoms with E-state index < -0.39 is 4.92 Å². The van der Waals surface area contributed by atoms with Crippen molar-refractivity contribution < 1.29 is 9.66 Å². The molecule has 0 bridgehead atoms. The van der Waals surface area contributed by atoms with Crippen molar-refractivity contribution in [2.75, 3.05) is 13.2 Å². The van der Waals surface area contributed by atoms with E-state index in [1.165, 1.54) is 6.07 Å². The first kappa shape index (κ1) is 15.4. The standard InChI is InChI=1S/C14H22N2O3/c1-4-11(3)10-19-14-8-12(9-15-5-2)6-7-13(14)16(17)18/h6-8,11,15H,4-5,9-10H2,1-3H3. The second-order valence-corrected chi connectivity index (χ2v) is 4.66. The summed E-state index contributed by atoms with van der Waals surface area (Å²) >= 11 is 0. The molecule has 0 saturated carbocycles. The van der Waals surface area contributed by atoms with Gasteiger partial charge in [0.05, 0.1) is 11.5 Å².